The number of aromatic nitrogens is 3. The summed E-state index contributed by atoms with van der Waals surface area (Å²) in [7, 11) is 2.18. The highest BCUT2D eigenvalue weighted by molar-refractivity contribution is 5.49. The normalized spacial score (nSPS) is 19.4. The van der Waals surface area contributed by atoms with Gasteiger partial charge in [-0.25, -0.2) is 9.97 Å². The Kier molecular flexibility index (Phi) is 4.91. The molecule has 0 amide bonds. The highest BCUT2D eigenvalue weighted by Gasteiger charge is 2.24. The van der Waals surface area contributed by atoms with Crippen LogP contribution in [-0.4, -0.2) is 71.2 Å². The molecule has 0 bridgehead atoms. The number of piperazine rings is 1. The van der Waals surface area contributed by atoms with Crippen molar-refractivity contribution >= 4 is 5.82 Å². The summed E-state index contributed by atoms with van der Waals surface area (Å²) < 4.78 is 5.33. The quantitative estimate of drug-likeness (QED) is 0.824. The largest absolute Gasteiger partial charge is 0.361 e. The van der Waals surface area contributed by atoms with Gasteiger partial charge in [-0.15, -0.1) is 0 Å². The molecule has 0 saturated carbocycles. The topological polar surface area (TPSA) is 61.5 Å². The minimum atomic E-state index is 0.895. The first-order valence-corrected chi connectivity index (χ1v) is 9.52. The molecule has 1 saturated heterocycles. The van der Waals surface area contributed by atoms with Gasteiger partial charge in [-0.2, -0.15) is 0 Å². The number of anilines is 1. The zero-order chi connectivity index (χ0) is 18.1. The maximum Gasteiger partial charge on any atom is 0.138 e. The van der Waals surface area contributed by atoms with Crippen LogP contribution in [0, 0.1) is 13.8 Å². The molecule has 0 unspecified atom stereocenters. The monoisotopic (exact) mass is 356 g/mol. The van der Waals surface area contributed by atoms with Crippen molar-refractivity contribution in [3.63, 3.8) is 0 Å². The van der Waals surface area contributed by atoms with E-state index in [1.165, 1.54) is 16.8 Å². The summed E-state index contributed by atoms with van der Waals surface area (Å²) in [6.07, 6.45) is 3.72. The van der Waals surface area contributed by atoms with E-state index in [9.17, 15) is 0 Å². The standard InChI is InChI=1S/C19H28N6O/c1-14-17(15(2)26-22-14)12-24-6-4-16-18(5-7-24)20-13-21-19(16)25-10-8-23(3)9-11-25/h13H,4-12H2,1-3H3. The highest BCUT2D eigenvalue weighted by atomic mass is 16.5. The van der Waals surface area contributed by atoms with Crippen molar-refractivity contribution in [3.05, 3.63) is 34.6 Å². The van der Waals surface area contributed by atoms with Crippen LogP contribution in [0.2, 0.25) is 0 Å². The Labute approximate surface area is 155 Å². The van der Waals surface area contributed by atoms with Crippen molar-refractivity contribution in [3.8, 4) is 0 Å². The van der Waals surface area contributed by atoms with Crippen molar-refractivity contribution in [1.82, 2.24) is 24.9 Å². The van der Waals surface area contributed by atoms with Gasteiger partial charge in [-0.3, -0.25) is 4.90 Å². The van der Waals surface area contributed by atoms with Gasteiger partial charge in [0.15, 0.2) is 0 Å². The summed E-state index contributed by atoms with van der Waals surface area (Å²) in [5, 5.41) is 4.09. The number of fused-ring (bicyclic) bond motifs is 1. The first-order valence-electron chi connectivity index (χ1n) is 9.52. The van der Waals surface area contributed by atoms with Crippen molar-refractivity contribution in [1.29, 1.82) is 0 Å². The van der Waals surface area contributed by atoms with Crippen LogP contribution in [0.5, 0.6) is 0 Å². The van der Waals surface area contributed by atoms with E-state index < -0.39 is 0 Å². The molecule has 0 aromatic carbocycles. The second-order valence-corrected chi connectivity index (χ2v) is 7.49. The van der Waals surface area contributed by atoms with Gasteiger partial charge in [0.2, 0.25) is 0 Å². The average Bonchev–Trinajstić information content (AvgIpc) is 2.84. The Hall–Kier alpha value is -1.99. The molecule has 0 radical (unpaired) electrons. The Morgan fingerprint density at radius 2 is 1.77 bits per heavy atom. The van der Waals surface area contributed by atoms with Crippen molar-refractivity contribution in [2.75, 3.05) is 51.2 Å². The van der Waals surface area contributed by atoms with Crippen LogP contribution in [-0.2, 0) is 19.4 Å². The summed E-state index contributed by atoms with van der Waals surface area (Å²) in [6, 6.07) is 0. The van der Waals surface area contributed by atoms with Crippen LogP contribution >= 0.6 is 0 Å². The zero-order valence-electron chi connectivity index (χ0n) is 16.0. The average molecular weight is 356 g/mol. The molecule has 7 heteroatoms. The summed E-state index contributed by atoms with van der Waals surface area (Å²) in [4.78, 5) is 16.6. The fraction of sp³-hybridized carbons (Fsp3) is 0.632. The van der Waals surface area contributed by atoms with E-state index in [0.29, 0.717) is 0 Å². The number of nitrogens with zero attached hydrogens (tertiary/aromatic N) is 6. The molecule has 0 atom stereocenters. The molecule has 0 aliphatic carbocycles. The fourth-order valence-electron chi connectivity index (χ4n) is 3.96. The summed E-state index contributed by atoms with van der Waals surface area (Å²) in [5.74, 6) is 2.09. The summed E-state index contributed by atoms with van der Waals surface area (Å²) >= 11 is 0. The smallest absolute Gasteiger partial charge is 0.138 e. The lowest BCUT2D eigenvalue weighted by Gasteiger charge is -2.34. The van der Waals surface area contributed by atoms with Crippen LogP contribution in [0.4, 0.5) is 5.82 Å². The third kappa shape index (κ3) is 3.46. The minimum Gasteiger partial charge on any atom is -0.361 e. The van der Waals surface area contributed by atoms with Crippen LogP contribution < -0.4 is 4.90 Å². The summed E-state index contributed by atoms with van der Waals surface area (Å²) in [6.45, 7) is 11.2. The van der Waals surface area contributed by atoms with Gasteiger partial charge in [0.05, 0.1) is 11.4 Å². The SMILES string of the molecule is Cc1noc(C)c1CN1CCc2ncnc(N3CCN(C)CC3)c2CC1. The predicted octanol–water partition coefficient (Wildman–Crippen LogP) is 1.43. The molecular formula is C19H28N6O. The molecule has 2 aromatic rings. The molecule has 7 nitrogen and oxygen atoms in total. The lowest BCUT2D eigenvalue weighted by Crippen LogP contribution is -2.45. The van der Waals surface area contributed by atoms with E-state index in [1.807, 2.05) is 13.8 Å². The molecule has 140 valence electrons. The maximum absolute atomic E-state index is 5.33. The highest BCUT2D eigenvalue weighted by Crippen LogP contribution is 2.25. The molecule has 4 rings (SSSR count). The third-order valence-corrected chi connectivity index (χ3v) is 5.72. The van der Waals surface area contributed by atoms with E-state index in [4.69, 9.17) is 4.52 Å². The first-order chi connectivity index (χ1) is 12.6. The number of hydrogen-bond donors (Lipinski definition) is 0. The number of rotatable bonds is 3. The molecule has 2 aromatic heterocycles. The third-order valence-electron chi connectivity index (χ3n) is 5.72. The molecule has 0 spiro atoms. The Balaban J connectivity index is 1.50. The van der Waals surface area contributed by atoms with Crippen LogP contribution in [0.3, 0.4) is 0 Å². The molecule has 4 heterocycles. The van der Waals surface area contributed by atoms with E-state index in [-0.39, 0.29) is 0 Å². The van der Waals surface area contributed by atoms with E-state index in [0.717, 1.165) is 75.9 Å². The van der Waals surface area contributed by atoms with E-state index >= 15 is 0 Å². The molecule has 2 aliphatic heterocycles. The Morgan fingerprint density at radius 3 is 2.50 bits per heavy atom. The maximum atomic E-state index is 5.33. The molecule has 26 heavy (non-hydrogen) atoms. The van der Waals surface area contributed by atoms with Gasteiger partial charge in [0.25, 0.3) is 0 Å². The van der Waals surface area contributed by atoms with Crippen molar-refractivity contribution in [2.45, 2.75) is 33.2 Å². The lowest BCUT2D eigenvalue weighted by atomic mass is 10.1. The van der Waals surface area contributed by atoms with Gasteiger partial charge < -0.3 is 14.3 Å². The Bertz CT molecular complexity index is 746. The van der Waals surface area contributed by atoms with E-state index in [1.54, 1.807) is 6.33 Å². The van der Waals surface area contributed by atoms with Gasteiger partial charge in [-0.05, 0) is 27.3 Å². The van der Waals surface area contributed by atoms with Crippen LogP contribution in [0.15, 0.2) is 10.9 Å². The minimum absolute atomic E-state index is 0.895. The predicted molar refractivity (Wildman–Crippen MR) is 100 cm³/mol. The molecule has 1 fully saturated rings. The van der Waals surface area contributed by atoms with E-state index in [2.05, 4.69) is 36.9 Å². The zero-order valence-corrected chi connectivity index (χ0v) is 16.0. The van der Waals surface area contributed by atoms with Gasteiger partial charge in [-0.1, -0.05) is 5.16 Å². The summed E-state index contributed by atoms with van der Waals surface area (Å²) in [5.41, 5.74) is 4.79. The van der Waals surface area contributed by atoms with Crippen LogP contribution in [0.1, 0.15) is 28.3 Å². The van der Waals surface area contributed by atoms with Gasteiger partial charge in [0, 0.05) is 63.4 Å². The fourth-order valence-corrected chi connectivity index (χ4v) is 3.96. The van der Waals surface area contributed by atoms with Crippen LogP contribution in [0.25, 0.3) is 0 Å². The van der Waals surface area contributed by atoms with Crippen molar-refractivity contribution in [2.24, 2.45) is 0 Å². The second kappa shape index (κ2) is 7.32. The number of aryl methyl sites for hydroxylation is 2. The van der Waals surface area contributed by atoms with Crippen molar-refractivity contribution < 1.29 is 4.52 Å². The molecule has 0 N–H and O–H groups in total. The number of likely N-dealkylation sites (N-methyl/N-ethyl adjacent to an activating group) is 1. The Morgan fingerprint density at radius 1 is 1.00 bits per heavy atom. The lowest BCUT2D eigenvalue weighted by molar-refractivity contribution is 0.276. The first kappa shape index (κ1) is 17.4. The van der Waals surface area contributed by atoms with Gasteiger partial charge >= 0.3 is 0 Å². The number of hydrogen-bond acceptors (Lipinski definition) is 7. The molecular weight excluding hydrogens is 328 g/mol. The molecule has 2 aliphatic rings. The van der Waals surface area contributed by atoms with Gasteiger partial charge in [0.1, 0.15) is 17.9 Å². The second-order valence-electron chi connectivity index (χ2n) is 7.49.